The maximum Gasteiger partial charge on any atom is 0.257 e. The van der Waals surface area contributed by atoms with Gasteiger partial charge in [-0.25, -0.2) is 0 Å². The third-order valence-corrected chi connectivity index (χ3v) is 5.16. The molecule has 6 nitrogen and oxygen atoms in total. The lowest BCUT2D eigenvalue weighted by atomic mass is 10.1. The van der Waals surface area contributed by atoms with E-state index in [-0.39, 0.29) is 12.0 Å². The molecule has 132 valence electrons. The summed E-state index contributed by atoms with van der Waals surface area (Å²) < 4.78 is 11.3. The largest absolute Gasteiger partial charge is 0.469 e. The molecule has 2 saturated heterocycles. The highest BCUT2D eigenvalue weighted by molar-refractivity contribution is 5.95. The molecule has 4 heterocycles. The Balaban J connectivity index is 1.33. The van der Waals surface area contributed by atoms with Crippen molar-refractivity contribution in [3.63, 3.8) is 0 Å². The van der Waals surface area contributed by atoms with Crippen LogP contribution in [0, 0.1) is 6.92 Å². The van der Waals surface area contributed by atoms with Crippen molar-refractivity contribution in [3.05, 3.63) is 53.7 Å². The maximum atomic E-state index is 12.7. The molecule has 2 atom stereocenters. The number of furan rings is 1. The van der Waals surface area contributed by atoms with E-state index in [1.165, 1.54) is 0 Å². The zero-order chi connectivity index (χ0) is 17.2. The number of aryl methyl sites for hydroxylation is 1. The van der Waals surface area contributed by atoms with Crippen LogP contribution in [-0.2, 0) is 11.3 Å². The molecule has 0 N–H and O–H groups in total. The molecule has 0 unspecified atom stereocenters. The van der Waals surface area contributed by atoms with Crippen LogP contribution in [0.25, 0.3) is 0 Å². The van der Waals surface area contributed by atoms with Gasteiger partial charge in [0.05, 0.1) is 24.5 Å². The third-order valence-electron chi connectivity index (χ3n) is 5.16. The number of hydrogen-bond acceptors (Lipinski definition) is 5. The molecule has 0 aliphatic carbocycles. The number of hydrogen-bond donors (Lipinski definition) is 0. The Morgan fingerprint density at radius 3 is 3.04 bits per heavy atom. The summed E-state index contributed by atoms with van der Waals surface area (Å²) in [5.41, 5.74) is 1.77. The van der Waals surface area contributed by atoms with Gasteiger partial charge in [0, 0.05) is 44.6 Å². The average Bonchev–Trinajstić information content (AvgIpc) is 3.25. The van der Waals surface area contributed by atoms with Crippen LogP contribution in [0.3, 0.4) is 0 Å². The van der Waals surface area contributed by atoms with Gasteiger partial charge in [-0.3, -0.25) is 14.7 Å². The van der Waals surface area contributed by atoms with E-state index >= 15 is 0 Å². The normalized spacial score (nSPS) is 23.6. The van der Waals surface area contributed by atoms with Gasteiger partial charge in [-0.15, -0.1) is 0 Å². The molecule has 1 amide bonds. The van der Waals surface area contributed by atoms with Crippen LogP contribution >= 0.6 is 0 Å². The zero-order valence-electron chi connectivity index (χ0n) is 14.4. The molecule has 4 rings (SSSR count). The number of carbonyl (C=O) groups is 1. The van der Waals surface area contributed by atoms with Gasteiger partial charge < -0.3 is 14.1 Å². The predicted octanol–water partition coefficient (Wildman–Crippen LogP) is 2.10. The molecule has 0 bridgehead atoms. The second kappa shape index (κ2) is 6.98. The summed E-state index contributed by atoms with van der Waals surface area (Å²) in [6.07, 6.45) is 6.38. The number of amides is 1. The summed E-state index contributed by atoms with van der Waals surface area (Å²) in [6, 6.07) is 6.10. The van der Waals surface area contributed by atoms with Crippen molar-refractivity contribution in [3.8, 4) is 0 Å². The molecule has 6 heteroatoms. The monoisotopic (exact) mass is 341 g/mol. The number of rotatable bonds is 4. The Hall–Kier alpha value is -2.18. The molecule has 2 fully saturated rings. The second-order valence-corrected chi connectivity index (χ2v) is 6.82. The highest BCUT2D eigenvalue weighted by Gasteiger charge is 2.38. The molecule has 0 aromatic carbocycles. The Morgan fingerprint density at radius 1 is 1.36 bits per heavy atom. The summed E-state index contributed by atoms with van der Waals surface area (Å²) in [6.45, 7) is 5.79. The average molecular weight is 341 g/mol. The van der Waals surface area contributed by atoms with Gasteiger partial charge in [0.25, 0.3) is 5.91 Å². The first-order chi connectivity index (χ1) is 12.2. The number of pyridine rings is 1. The Kier molecular flexibility index (Phi) is 4.55. The summed E-state index contributed by atoms with van der Waals surface area (Å²) in [4.78, 5) is 21.2. The molecule has 0 saturated carbocycles. The van der Waals surface area contributed by atoms with E-state index in [0.717, 1.165) is 38.2 Å². The van der Waals surface area contributed by atoms with E-state index in [1.54, 1.807) is 18.5 Å². The Bertz CT molecular complexity index is 731. The van der Waals surface area contributed by atoms with E-state index < -0.39 is 0 Å². The van der Waals surface area contributed by atoms with Crippen molar-refractivity contribution < 1.29 is 13.9 Å². The number of ether oxygens (including phenoxy) is 1. The van der Waals surface area contributed by atoms with Gasteiger partial charge in [-0.05, 0) is 31.0 Å². The first-order valence-corrected chi connectivity index (χ1v) is 8.78. The molecular weight excluding hydrogens is 318 g/mol. The number of fused-ring (bicyclic) bond motifs is 1. The second-order valence-electron chi connectivity index (χ2n) is 6.82. The van der Waals surface area contributed by atoms with Gasteiger partial charge in [-0.1, -0.05) is 6.07 Å². The van der Waals surface area contributed by atoms with Crippen LogP contribution in [0.15, 0.2) is 41.3 Å². The topological polar surface area (TPSA) is 58.8 Å². The minimum Gasteiger partial charge on any atom is -0.469 e. The Labute approximate surface area is 147 Å². The lowest BCUT2D eigenvalue weighted by molar-refractivity contribution is 0.0450. The van der Waals surface area contributed by atoms with Crippen LogP contribution in [0.1, 0.15) is 28.1 Å². The zero-order valence-corrected chi connectivity index (χ0v) is 14.4. The Morgan fingerprint density at radius 2 is 2.28 bits per heavy atom. The van der Waals surface area contributed by atoms with Crippen LogP contribution in [0.5, 0.6) is 0 Å². The van der Waals surface area contributed by atoms with Gasteiger partial charge in [0.2, 0.25) is 0 Å². The van der Waals surface area contributed by atoms with Gasteiger partial charge in [0.1, 0.15) is 5.76 Å². The minimum atomic E-state index is 0.0747. The van der Waals surface area contributed by atoms with Gasteiger partial charge >= 0.3 is 0 Å². The smallest absolute Gasteiger partial charge is 0.257 e. The van der Waals surface area contributed by atoms with Crippen molar-refractivity contribution in [1.82, 2.24) is 14.8 Å². The quantitative estimate of drug-likeness (QED) is 0.852. The summed E-state index contributed by atoms with van der Waals surface area (Å²) in [5, 5.41) is 0. The summed E-state index contributed by atoms with van der Waals surface area (Å²) >= 11 is 0. The van der Waals surface area contributed by atoms with Gasteiger partial charge in [0.15, 0.2) is 0 Å². The van der Waals surface area contributed by atoms with Gasteiger partial charge in [-0.2, -0.15) is 0 Å². The first-order valence-electron chi connectivity index (χ1n) is 8.78. The SMILES string of the molecule is Cc1occc1C(=O)N1CCN2C[C@H](OCc3cccnc3)C[C@H]2C1. The van der Waals surface area contributed by atoms with Crippen molar-refractivity contribution in [2.24, 2.45) is 0 Å². The van der Waals surface area contributed by atoms with E-state index in [4.69, 9.17) is 9.15 Å². The molecule has 2 aromatic heterocycles. The lowest BCUT2D eigenvalue weighted by Crippen LogP contribution is -2.52. The fraction of sp³-hybridized carbons (Fsp3) is 0.474. The molecule has 0 radical (unpaired) electrons. The highest BCUT2D eigenvalue weighted by atomic mass is 16.5. The summed E-state index contributed by atoms with van der Waals surface area (Å²) in [5.74, 6) is 0.766. The number of aromatic nitrogens is 1. The standard InChI is InChI=1S/C19H23N3O3/c1-14-18(4-8-24-14)19(23)22-7-6-21-12-17(9-16(21)11-22)25-13-15-3-2-5-20-10-15/h2-5,8,10,16-17H,6-7,9,11-13H2,1H3/t16-,17+/m0/s1. The lowest BCUT2D eigenvalue weighted by Gasteiger charge is -2.37. The highest BCUT2D eigenvalue weighted by Crippen LogP contribution is 2.26. The number of carbonyl (C=O) groups excluding carboxylic acids is 1. The number of nitrogens with zero attached hydrogens (tertiary/aromatic N) is 3. The first kappa shape index (κ1) is 16.3. The van der Waals surface area contributed by atoms with Crippen molar-refractivity contribution in [2.75, 3.05) is 26.2 Å². The van der Waals surface area contributed by atoms with Crippen LogP contribution in [0.4, 0.5) is 0 Å². The molecule has 2 aliphatic rings. The van der Waals surface area contributed by atoms with E-state index in [2.05, 4.69) is 9.88 Å². The van der Waals surface area contributed by atoms with Crippen LogP contribution in [-0.4, -0.2) is 59.0 Å². The van der Waals surface area contributed by atoms with Crippen molar-refractivity contribution in [1.29, 1.82) is 0 Å². The minimum absolute atomic E-state index is 0.0747. The fourth-order valence-corrected chi connectivity index (χ4v) is 3.78. The fourth-order valence-electron chi connectivity index (χ4n) is 3.78. The number of piperazine rings is 1. The molecule has 2 aromatic rings. The van der Waals surface area contributed by atoms with E-state index in [9.17, 15) is 4.79 Å². The van der Waals surface area contributed by atoms with E-state index in [0.29, 0.717) is 24.0 Å². The maximum absolute atomic E-state index is 12.7. The van der Waals surface area contributed by atoms with Crippen LogP contribution < -0.4 is 0 Å². The molecular formula is C19H23N3O3. The molecule has 25 heavy (non-hydrogen) atoms. The van der Waals surface area contributed by atoms with Crippen molar-refractivity contribution in [2.45, 2.75) is 32.1 Å². The van der Waals surface area contributed by atoms with Crippen LogP contribution in [0.2, 0.25) is 0 Å². The summed E-state index contributed by atoms with van der Waals surface area (Å²) in [7, 11) is 0. The predicted molar refractivity (Wildman–Crippen MR) is 92.1 cm³/mol. The molecule has 0 spiro atoms. The third kappa shape index (κ3) is 3.45. The van der Waals surface area contributed by atoms with E-state index in [1.807, 2.05) is 30.2 Å². The molecule has 2 aliphatic heterocycles. The van der Waals surface area contributed by atoms with Crippen molar-refractivity contribution >= 4 is 5.91 Å².